The van der Waals surface area contributed by atoms with Gasteiger partial charge in [0.05, 0.1) is 0 Å². The molecule has 0 unspecified atom stereocenters. The molecule has 0 aliphatic heterocycles. The van der Waals surface area contributed by atoms with Gasteiger partial charge in [0.25, 0.3) is 5.91 Å². The highest BCUT2D eigenvalue weighted by Gasteiger charge is 2.14. The van der Waals surface area contributed by atoms with Crippen molar-refractivity contribution < 1.29 is 9.53 Å². The number of anilines is 1. The van der Waals surface area contributed by atoms with Gasteiger partial charge in [-0.3, -0.25) is 4.79 Å². The molecule has 4 rings (SSSR count). The lowest BCUT2D eigenvalue weighted by atomic mass is 10.0. The van der Waals surface area contributed by atoms with Crippen LogP contribution in [0.5, 0.6) is 5.75 Å². The third kappa shape index (κ3) is 5.77. The lowest BCUT2D eigenvalue weighted by Gasteiger charge is -2.14. The molecule has 1 N–H and O–H groups in total. The number of nitriles is 1. The second-order valence-electron chi connectivity index (χ2n) is 8.66. The molecule has 0 bridgehead atoms. The molecule has 0 aliphatic rings. The lowest BCUT2D eigenvalue weighted by Crippen LogP contribution is -2.13. The summed E-state index contributed by atoms with van der Waals surface area (Å²) in [4.78, 5) is 13.0. The van der Waals surface area contributed by atoms with Crippen molar-refractivity contribution in [3.05, 3.63) is 112 Å². The molecule has 0 spiro atoms. The summed E-state index contributed by atoms with van der Waals surface area (Å²) in [6, 6.07) is 27.8. The van der Waals surface area contributed by atoms with Crippen molar-refractivity contribution in [3.63, 3.8) is 0 Å². The number of benzene rings is 4. The number of amides is 1. The molecular formula is C31H28N2O2. The normalized spacial score (nSPS) is 11.2. The average Bonchev–Trinajstić information content (AvgIpc) is 2.86. The van der Waals surface area contributed by atoms with E-state index in [1.807, 2.05) is 60.7 Å². The second-order valence-corrected chi connectivity index (χ2v) is 8.66. The fourth-order valence-electron chi connectivity index (χ4n) is 4.18. The van der Waals surface area contributed by atoms with E-state index in [1.165, 1.54) is 16.7 Å². The molecule has 0 aliphatic carbocycles. The van der Waals surface area contributed by atoms with Gasteiger partial charge < -0.3 is 10.1 Å². The van der Waals surface area contributed by atoms with Gasteiger partial charge in [-0.2, -0.15) is 5.26 Å². The van der Waals surface area contributed by atoms with Crippen LogP contribution in [-0.4, -0.2) is 5.91 Å². The van der Waals surface area contributed by atoms with Crippen molar-refractivity contribution in [2.75, 3.05) is 5.32 Å². The highest BCUT2D eigenvalue weighted by atomic mass is 16.5. The summed E-state index contributed by atoms with van der Waals surface area (Å²) in [6.07, 6.45) is 2.54. The van der Waals surface area contributed by atoms with E-state index in [9.17, 15) is 10.1 Å². The van der Waals surface area contributed by atoms with Crippen LogP contribution < -0.4 is 10.1 Å². The van der Waals surface area contributed by atoms with Gasteiger partial charge in [0.1, 0.15) is 24.0 Å². The second kappa shape index (κ2) is 10.7. The zero-order chi connectivity index (χ0) is 24.8. The van der Waals surface area contributed by atoms with E-state index in [0.717, 1.165) is 22.8 Å². The van der Waals surface area contributed by atoms with Crippen LogP contribution >= 0.6 is 0 Å². The number of ether oxygens (including phenoxy) is 1. The third-order valence-corrected chi connectivity index (χ3v) is 5.88. The monoisotopic (exact) mass is 460 g/mol. The van der Waals surface area contributed by atoms with Crippen molar-refractivity contribution in [2.24, 2.45) is 0 Å². The number of hydrogen-bond acceptors (Lipinski definition) is 3. The summed E-state index contributed by atoms with van der Waals surface area (Å²) < 4.78 is 6.22. The molecule has 4 aromatic carbocycles. The van der Waals surface area contributed by atoms with Crippen molar-refractivity contribution in [1.29, 1.82) is 5.26 Å². The van der Waals surface area contributed by atoms with Gasteiger partial charge in [-0.1, -0.05) is 78.7 Å². The van der Waals surface area contributed by atoms with Gasteiger partial charge in [-0.15, -0.1) is 0 Å². The van der Waals surface area contributed by atoms with Gasteiger partial charge in [-0.05, 0) is 66.4 Å². The molecule has 0 fully saturated rings. The fourth-order valence-corrected chi connectivity index (χ4v) is 4.18. The van der Waals surface area contributed by atoms with Crippen molar-refractivity contribution in [1.82, 2.24) is 0 Å². The number of carbonyl (C=O) groups excluding carboxylic acids is 1. The van der Waals surface area contributed by atoms with Crippen LogP contribution in [0.15, 0.2) is 84.4 Å². The number of hydrogen-bond donors (Lipinski definition) is 1. The Kier molecular flexibility index (Phi) is 7.28. The van der Waals surface area contributed by atoms with E-state index in [0.29, 0.717) is 23.6 Å². The van der Waals surface area contributed by atoms with Crippen LogP contribution in [0.4, 0.5) is 5.69 Å². The van der Waals surface area contributed by atoms with E-state index >= 15 is 0 Å². The van der Waals surface area contributed by atoms with Crippen LogP contribution in [0.2, 0.25) is 0 Å². The highest BCUT2D eigenvalue weighted by molar-refractivity contribution is 6.11. The summed E-state index contributed by atoms with van der Waals surface area (Å²) in [6.45, 7) is 6.59. The Labute approximate surface area is 206 Å². The first-order valence-corrected chi connectivity index (χ1v) is 11.7. The molecule has 0 atom stereocenters. The Morgan fingerprint density at radius 2 is 1.66 bits per heavy atom. The maximum atomic E-state index is 13.0. The number of nitrogens with zero attached hydrogens (tertiary/aromatic N) is 1. The first-order valence-electron chi connectivity index (χ1n) is 11.7. The summed E-state index contributed by atoms with van der Waals surface area (Å²) in [5.41, 5.74) is 5.98. The SMILES string of the molecule is CCc1ccc(NC(=O)/C(C#N)=C/c2c(OCc3cc(C)cc(C)c3)ccc3ccccc23)cc1. The van der Waals surface area contributed by atoms with Gasteiger partial charge in [-0.25, -0.2) is 0 Å². The number of carbonyl (C=O) groups is 1. The zero-order valence-corrected chi connectivity index (χ0v) is 20.3. The van der Waals surface area contributed by atoms with Crippen LogP contribution in [0.25, 0.3) is 16.8 Å². The van der Waals surface area contributed by atoms with Gasteiger partial charge >= 0.3 is 0 Å². The molecule has 0 aromatic heterocycles. The van der Waals surface area contributed by atoms with Crippen molar-refractivity contribution in [2.45, 2.75) is 33.8 Å². The lowest BCUT2D eigenvalue weighted by molar-refractivity contribution is -0.112. The number of fused-ring (bicyclic) bond motifs is 1. The van der Waals surface area contributed by atoms with Crippen molar-refractivity contribution in [3.8, 4) is 11.8 Å². The smallest absolute Gasteiger partial charge is 0.266 e. The minimum absolute atomic E-state index is 0.0113. The Balaban J connectivity index is 1.68. The molecule has 0 saturated carbocycles. The Bertz CT molecular complexity index is 1420. The van der Waals surface area contributed by atoms with Gasteiger partial charge in [0.2, 0.25) is 0 Å². The van der Waals surface area contributed by atoms with E-state index < -0.39 is 5.91 Å². The number of rotatable bonds is 7. The van der Waals surface area contributed by atoms with E-state index in [4.69, 9.17) is 4.74 Å². The molecule has 35 heavy (non-hydrogen) atoms. The first kappa shape index (κ1) is 23.8. The topological polar surface area (TPSA) is 62.1 Å². The Morgan fingerprint density at radius 1 is 0.943 bits per heavy atom. The van der Waals surface area contributed by atoms with Gasteiger partial charge in [0.15, 0.2) is 0 Å². The Morgan fingerprint density at radius 3 is 2.34 bits per heavy atom. The first-order chi connectivity index (χ1) is 17.0. The third-order valence-electron chi connectivity index (χ3n) is 5.88. The number of aryl methyl sites for hydroxylation is 3. The molecule has 174 valence electrons. The molecule has 0 radical (unpaired) electrons. The molecule has 4 aromatic rings. The number of nitrogens with one attached hydrogen (secondary N) is 1. The summed E-state index contributed by atoms with van der Waals surface area (Å²) >= 11 is 0. The summed E-state index contributed by atoms with van der Waals surface area (Å²) in [5, 5.41) is 14.6. The summed E-state index contributed by atoms with van der Waals surface area (Å²) in [7, 11) is 0. The zero-order valence-electron chi connectivity index (χ0n) is 20.3. The highest BCUT2D eigenvalue weighted by Crippen LogP contribution is 2.31. The summed E-state index contributed by atoms with van der Waals surface area (Å²) in [5.74, 6) is 0.167. The fraction of sp³-hybridized carbons (Fsp3) is 0.161. The minimum atomic E-state index is -0.454. The van der Waals surface area contributed by atoms with E-state index in [2.05, 4.69) is 50.4 Å². The maximum Gasteiger partial charge on any atom is 0.266 e. The maximum absolute atomic E-state index is 13.0. The average molecular weight is 461 g/mol. The van der Waals surface area contributed by atoms with Gasteiger partial charge in [0, 0.05) is 11.3 Å². The van der Waals surface area contributed by atoms with Crippen LogP contribution in [0.3, 0.4) is 0 Å². The van der Waals surface area contributed by atoms with Crippen molar-refractivity contribution >= 4 is 28.4 Å². The Hall–Kier alpha value is -4.36. The van der Waals surface area contributed by atoms with E-state index in [-0.39, 0.29) is 5.57 Å². The molecule has 0 saturated heterocycles. The molecule has 4 nitrogen and oxygen atoms in total. The van der Waals surface area contributed by atoms with Crippen LogP contribution in [0.1, 0.15) is 34.7 Å². The largest absolute Gasteiger partial charge is 0.488 e. The minimum Gasteiger partial charge on any atom is -0.488 e. The van der Waals surface area contributed by atoms with E-state index in [1.54, 1.807) is 6.08 Å². The predicted molar refractivity (Wildman–Crippen MR) is 142 cm³/mol. The molecule has 1 amide bonds. The molecule has 0 heterocycles. The van der Waals surface area contributed by atoms with Crippen LogP contribution in [-0.2, 0) is 17.8 Å². The molecule has 4 heteroatoms. The molecular weight excluding hydrogens is 432 g/mol. The quantitative estimate of drug-likeness (QED) is 0.235. The standard InChI is InChI=1S/C31H28N2O2/c1-4-23-9-12-27(13-10-23)33-31(34)26(19-32)18-29-28-8-6-5-7-25(28)11-14-30(29)35-20-24-16-21(2)15-22(3)17-24/h5-18H,4,20H2,1-3H3,(H,33,34)/b26-18+. The predicted octanol–water partition coefficient (Wildman–Crippen LogP) is 7.14. The van der Waals surface area contributed by atoms with Crippen LogP contribution in [0, 0.1) is 25.2 Å².